The number of ether oxygens (including phenoxy) is 2. The summed E-state index contributed by atoms with van der Waals surface area (Å²) in [6, 6.07) is 14.5. The first-order valence-corrected chi connectivity index (χ1v) is 12.8. The number of amides is 2. The van der Waals surface area contributed by atoms with Crippen molar-refractivity contribution in [2.24, 2.45) is 0 Å². The van der Waals surface area contributed by atoms with Gasteiger partial charge in [0.25, 0.3) is 0 Å². The molecule has 2 heterocycles. The number of hydrogen-bond donors (Lipinski definition) is 1. The average Bonchev–Trinajstić information content (AvgIpc) is 2.86. The van der Waals surface area contributed by atoms with Gasteiger partial charge in [-0.3, -0.25) is 4.79 Å². The van der Waals surface area contributed by atoms with E-state index < -0.39 is 5.60 Å². The molecule has 0 bridgehead atoms. The van der Waals surface area contributed by atoms with Crippen LogP contribution in [0.25, 0.3) is 0 Å². The first-order chi connectivity index (χ1) is 17.2. The highest BCUT2D eigenvalue weighted by atomic mass is 19.1. The maximum Gasteiger partial charge on any atom is 0.407 e. The number of alkyl carbamates (subject to hydrolysis) is 1. The zero-order chi connectivity index (χ0) is 26.7. The van der Waals surface area contributed by atoms with Gasteiger partial charge in [-0.15, -0.1) is 0 Å². The number of halogens is 1. The monoisotopic (exact) mass is 500 g/mol. The van der Waals surface area contributed by atoms with Crippen LogP contribution in [0.15, 0.2) is 48.5 Å². The van der Waals surface area contributed by atoms with Gasteiger partial charge >= 0.3 is 6.09 Å². The Bertz CT molecular complexity index is 950. The fraction of sp³-hybridized carbons (Fsp3) is 0.517. The molecule has 1 N–H and O–H groups in total. The molecule has 2 aliphatic heterocycles. The topological polar surface area (TPSA) is 67.9 Å². The maximum absolute atomic E-state index is 13.0. The molecule has 0 unspecified atom stereocenters. The van der Waals surface area contributed by atoms with Crippen molar-refractivity contribution in [1.82, 2.24) is 10.2 Å². The molecule has 198 valence electrons. The van der Waals surface area contributed by atoms with Gasteiger partial charge in [-0.1, -0.05) is 50.2 Å². The summed E-state index contributed by atoms with van der Waals surface area (Å²) in [5.41, 5.74) is 2.90. The fourth-order valence-electron chi connectivity index (χ4n) is 4.19. The smallest absolute Gasteiger partial charge is 0.407 e. The second-order valence-electron chi connectivity index (χ2n) is 9.81. The summed E-state index contributed by atoms with van der Waals surface area (Å²) in [7, 11) is 0. The highest BCUT2D eigenvalue weighted by Gasteiger charge is 2.27. The van der Waals surface area contributed by atoms with Crippen molar-refractivity contribution in [2.75, 3.05) is 13.2 Å². The standard InChI is InChI=1S/C16H14FNO.C11H21NO3.C2H6/c17-14-7-5-13(6-8-14)16-15-4-2-1-3-12(15)9-10-18(16)11-19;1-8-5-6-9(7-14-8)12-10(13)15-11(2,3)4;1-2/h1-8,11,16H,9-10H2;8-9H,5-7H2,1-4H3,(H,12,13);1-2H3/t16-;8-,9+;/m00./s1. The first-order valence-electron chi connectivity index (χ1n) is 12.8. The summed E-state index contributed by atoms with van der Waals surface area (Å²) in [6.45, 7) is 12.9. The highest BCUT2D eigenvalue weighted by Crippen LogP contribution is 2.34. The third-order valence-corrected chi connectivity index (χ3v) is 5.87. The zero-order valence-corrected chi connectivity index (χ0v) is 22.4. The SMILES string of the molecule is CC.C[C@H]1CC[C@@H](NC(=O)OC(C)(C)C)CO1.O=CN1CCc2ccccc2[C@@H]1c1ccc(F)cc1. The normalized spacial score (nSPS) is 21.0. The molecule has 4 rings (SSSR count). The Labute approximate surface area is 215 Å². The van der Waals surface area contributed by atoms with Crippen molar-refractivity contribution < 1.29 is 23.5 Å². The van der Waals surface area contributed by atoms with E-state index in [1.54, 1.807) is 17.0 Å². The minimum atomic E-state index is -0.438. The van der Waals surface area contributed by atoms with Crippen molar-refractivity contribution in [3.63, 3.8) is 0 Å². The van der Waals surface area contributed by atoms with Gasteiger partial charge < -0.3 is 19.7 Å². The molecular weight excluding hydrogens is 459 g/mol. The fourth-order valence-corrected chi connectivity index (χ4v) is 4.19. The molecule has 0 saturated carbocycles. The molecule has 0 spiro atoms. The number of fused-ring (bicyclic) bond motifs is 1. The van der Waals surface area contributed by atoms with Gasteiger partial charge in [-0.05, 0) is 75.8 Å². The summed E-state index contributed by atoms with van der Waals surface area (Å²) in [6.07, 6.45) is 3.64. The summed E-state index contributed by atoms with van der Waals surface area (Å²) in [5, 5.41) is 2.81. The van der Waals surface area contributed by atoms with Crippen molar-refractivity contribution >= 4 is 12.5 Å². The van der Waals surface area contributed by atoms with E-state index in [-0.39, 0.29) is 24.0 Å². The lowest BCUT2D eigenvalue weighted by Crippen LogP contribution is -2.44. The maximum atomic E-state index is 13.0. The first kappa shape index (κ1) is 29.3. The summed E-state index contributed by atoms with van der Waals surface area (Å²) >= 11 is 0. The lowest BCUT2D eigenvalue weighted by Gasteiger charge is -2.35. The van der Waals surface area contributed by atoms with Crippen LogP contribution in [-0.2, 0) is 20.7 Å². The Morgan fingerprint density at radius 1 is 1.11 bits per heavy atom. The van der Waals surface area contributed by atoms with E-state index in [0.717, 1.165) is 36.8 Å². The Kier molecular flexibility index (Phi) is 11.4. The van der Waals surface area contributed by atoms with Gasteiger partial charge in [0.15, 0.2) is 0 Å². The van der Waals surface area contributed by atoms with Crippen molar-refractivity contribution in [3.8, 4) is 0 Å². The van der Waals surface area contributed by atoms with E-state index in [4.69, 9.17) is 9.47 Å². The summed E-state index contributed by atoms with van der Waals surface area (Å²) in [4.78, 5) is 24.5. The van der Waals surface area contributed by atoms with Gasteiger partial charge in [-0.2, -0.15) is 0 Å². The van der Waals surface area contributed by atoms with E-state index in [0.29, 0.717) is 19.3 Å². The van der Waals surface area contributed by atoms with E-state index >= 15 is 0 Å². The molecule has 0 aliphatic carbocycles. The number of nitrogens with one attached hydrogen (secondary N) is 1. The Balaban J connectivity index is 0.000000244. The van der Waals surface area contributed by atoms with Crippen LogP contribution in [0.2, 0.25) is 0 Å². The zero-order valence-electron chi connectivity index (χ0n) is 22.4. The average molecular weight is 501 g/mol. The molecule has 2 aromatic carbocycles. The van der Waals surface area contributed by atoms with Gasteiger partial charge in [0.1, 0.15) is 11.4 Å². The van der Waals surface area contributed by atoms with Gasteiger partial charge in [0.05, 0.1) is 24.8 Å². The molecule has 1 fully saturated rings. The molecule has 0 aromatic heterocycles. The lowest BCUT2D eigenvalue weighted by molar-refractivity contribution is -0.119. The van der Waals surface area contributed by atoms with Crippen LogP contribution in [0, 0.1) is 5.82 Å². The minimum absolute atomic E-state index is 0.0936. The Hall–Kier alpha value is -2.93. The largest absolute Gasteiger partial charge is 0.444 e. The quantitative estimate of drug-likeness (QED) is 0.522. The number of rotatable bonds is 3. The number of nitrogens with zero attached hydrogens (tertiary/aromatic N) is 1. The molecule has 36 heavy (non-hydrogen) atoms. The van der Waals surface area contributed by atoms with Gasteiger partial charge in [-0.25, -0.2) is 9.18 Å². The van der Waals surface area contributed by atoms with Gasteiger partial charge in [0, 0.05) is 6.54 Å². The number of carbonyl (C=O) groups excluding carboxylic acids is 2. The van der Waals surface area contributed by atoms with Crippen LogP contribution in [-0.4, -0.2) is 48.3 Å². The summed E-state index contributed by atoms with van der Waals surface area (Å²) < 4.78 is 23.7. The molecule has 3 atom stereocenters. The van der Waals surface area contributed by atoms with Crippen LogP contribution < -0.4 is 5.32 Å². The second kappa shape index (κ2) is 14.0. The summed E-state index contributed by atoms with van der Waals surface area (Å²) in [5.74, 6) is -0.259. The van der Waals surface area contributed by atoms with Crippen LogP contribution in [0.4, 0.5) is 9.18 Å². The lowest BCUT2D eigenvalue weighted by atomic mass is 9.88. The van der Waals surface area contributed by atoms with E-state index in [1.165, 1.54) is 17.7 Å². The van der Waals surface area contributed by atoms with E-state index in [2.05, 4.69) is 11.4 Å². The molecule has 7 heteroatoms. The van der Waals surface area contributed by atoms with Crippen LogP contribution in [0.5, 0.6) is 0 Å². The Morgan fingerprint density at radius 3 is 2.36 bits per heavy atom. The molecule has 2 amide bonds. The molecular formula is C29H41FN2O4. The van der Waals surface area contributed by atoms with Gasteiger partial charge in [0.2, 0.25) is 6.41 Å². The van der Waals surface area contributed by atoms with Crippen molar-refractivity contribution in [1.29, 1.82) is 0 Å². The van der Waals surface area contributed by atoms with Crippen LogP contribution in [0.1, 0.15) is 77.1 Å². The molecule has 2 aromatic rings. The molecule has 2 aliphatic rings. The van der Waals surface area contributed by atoms with Crippen molar-refractivity contribution in [3.05, 3.63) is 71.0 Å². The molecule has 0 radical (unpaired) electrons. The minimum Gasteiger partial charge on any atom is -0.444 e. The Morgan fingerprint density at radius 2 is 1.78 bits per heavy atom. The number of benzene rings is 2. The van der Waals surface area contributed by atoms with Crippen LogP contribution in [0.3, 0.4) is 0 Å². The number of hydrogen-bond acceptors (Lipinski definition) is 4. The highest BCUT2D eigenvalue weighted by molar-refractivity contribution is 5.68. The second-order valence-corrected chi connectivity index (χ2v) is 9.81. The van der Waals surface area contributed by atoms with Crippen LogP contribution >= 0.6 is 0 Å². The molecule has 6 nitrogen and oxygen atoms in total. The third-order valence-electron chi connectivity index (χ3n) is 5.87. The van der Waals surface area contributed by atoms with Crippen molar-refractivity contribution in [2.45, 2.75) is 84.6 Å². The third kappa shape index (κ3) is 8.94. The van der Waals surface area contributed by atoms with E-state index in [9.17, 15) is 14.0 Å². The number of carbonyl (C=O) groups is 2. The van der Waals surface area contributed by atoms with E-state index in [1.807, 2.05) is 59.7 Å². The predicted molar refractivity (Wildman–Crippen MR) is 140 cm³/mol. The predicted octanol–water partition coefficient (Wildman–Crippen LogP) is 6.03. The molecule has 1 saturated heterocycles.